The number of carbonyl (C=O) groups excluding carboxylic acids is 1. The van der Waals surface area contributed by atoms with Crippen LogP contribution in [0.1, 0.15) is 56.8 Å². The number of aliphatic hydroxyl groups is 1. The Morgan fingerprint density at radius 3 is 2.65 bits per heavy atom. The molecule has 2 heterocycles. The highest BCUT2D eigenvalue weighted by molar-refractivity contribution is 5.78. The minimum absolute atomic E-state index is 0.136. The first kappa shape index (κ1) is 18.1. The van der Waals surface area contributed by atoms with Gasteiger partial charge in [-0.1, -0.05) is 26.0 Å². The molecule has 0 saturated carbocycles. The smallest absolute Gasteiger partial charge is 0.238 e. The topological polar surface area (TPSA) is 106 Å². The SMILES string of the molecule is CC(C)c1nnc([C@H](C)NC(=O)CCn2c(CO)nc3ccccc32)o1. The molecule has 1 aromatic carbocycles. The maximum atomic E-state index is 12.3. The zero-order chi connectivity index (χ0) is 18.7. The summed E-state index contributed by atoms with van der Waals surface area (Å²) in [5, 5.41) is 20.3. The first-order valence-corrected chi connectivity index (χ1v) is 8.67. The van der Waals surface area contributed by atoms with Crippen LogP contribution in [0.15, 0.2) is 28.7 Å². The van der Waals surface area contributed by atoms with Crippen molar-refractivity contribution in [2.45, 2.75) is 52.3 Å². The number of para-hydroxylation sites is 2. The van der Waals surface area contributed by atoms with Crippen LogP contribution in [0.3, 0.4) is 0 Å². The summed E-state index contributed by atoms with van der Waals surface area (Å²) in [7, 11) is 0. The molecule has 0 aliphatic heterocycles. The standard InChI is InChI=1S/C18H23N5O3/c1-11(2)17-21-22-18(26-17)12(3)19-16(25)8-9-23-14-7-5-4-6-13(14)20-15(23)10-24/h4-7,11-12,24H,8-10H2,1-3H3,(H,19,25)/t12-/m0/s1. The van der Waals surface area contributed by atoms with Crippen molar-refractivity contribution in [2.75, 3.05) is 0 Å². The lowest BCUT2D eigenvalue weighted by atomic mass is 10.2. The average molecular weight is 357 g/mol. The first-order chi connectivity index (χ1) is 12.5. The molecule has 0 unspecified atom stereocenters. The summed E-state index contributed by atoms with van der Waals surface area (Å²) in [5.74, 6) is 1.50. The molecule has 138 valence electrons. The predicted octanol–water partition coefficient (Wildman–Crippen LogP) is 2.30. The van der Waals surface area contributed by atoms with Crippen LogP contribution in [0.25, 0.3) is 11.0 Å². The van der Waals surface area contributed by atoms with Crippen molar-refractivity contribution in [3.05, 3.63) is 41.9 Å². The Morgan fingerprint density at radius 1 is 1.23 bits per heavy atom. The van der Waals surface area contributed by atoms with Crippen LogP contribution in [0, 0.1) is 0 Å². The quantitative estimate of drug-likeness (QED) is 0.672. The van der Waals surface area contributed by atoms with Crippen molar-refractivity contribution in [3.63, 3.8) is 0 Å². The van der Waals surface area contributed by atoms with Gasteiger partial charge in [0.05, 0.1) is 11.0 Å². The second-order valence-electron chi connectivity index (χ2n) is 6.50. The van der Waals surface area contributed by atoms with Gasteiger partial charge in [0.1, 0.15) is 18.5 Å². The summed E-state index contributed by atoms with van der Waals surface area (Å²) in [6.45, 7) is 5.99. The van der Waals surface area contributed by atoms with E-state index in [4.69, 9.17) is 4.42 Å². The highest BCUT2D eigenvalue weighted by Gasteiger charge is 2.18. The second kappa shape index (κ2) is 7.65. The van der Waals surface area contributed by atoms with Gasteiger partial charge in [-0.3, -0.25) is 4.79 Å². The molecule has 8 nitrogen and oxygen atoms in total. The largest absolute Gasteiger partial charge is 0.423 e. The number of nitrogens with one attached hydrogen (secondary N) is 1. The van der Waals surface area contributed by atoms with E-state index in [-0.39, 0.29) is 30.9 Å². The number of benzene rings is 1. The third kappa shape index (κ3) is 3.75. The maximum absolute atomic E-state index is 12.3. The van der Waals surface area contributed by atoms with E-state index >= 15 is 0 Å². The van der Waals surface area contributed by atoms with Crippen LogP contribution in [0.4, 0.5) is 0 Å². The third-order valence-electron chi connectivity index (χ3n) is 4.14. The Hall–Kier alpha value is -2.74. The Kier molecular flexibility index (Phi) is 5.32. The summed E-state index contributed by atoms with van der Waals surface area (Å²) in [6.07, 6.45) is 0.253. The molecule has 1 amide bonds. The van der Waals surface area contributed by atoms with Crippen molar-refractivity contribution >= 4 is 16.9 Å². The number of hydrogen-bond donors (Lipinski definition) is 2. The van der Waals surface area contributed by atoms with Gasteiger partial charge in [-0.25, -0.2) is 4.98 Å². The van der Waals surface area contributed by atoms with Crippen LogP contribution in [0.2, 0.25) is 0 Å². The summed E-state index contributed by atoms with van der Waals surface area (Å²) < 4.78 is 7.43. The zero-order valence-electron chi connectivity index (χ0n) is 15.1. The molecule has 0 saturated heterocycles. The number of aromatic nitrogens is 4. The average Bonchev–Trinajstić information content (AvgIpc) is 3.24. The van der Waals surface area contributed by atoms with E-state index in [1.165, 1.54) is 0 Å². The fourth-order valence-electron chi connectivity index (χ4n) is 2.74. The molecule has 2 N–H and O–H groups in total. The first-order valence-electron chi connectivity index (χ1n) is 8.67. The van der Waals surface area contributed by atoms with E-state index in [0.717, 1.165) is 11.0 Å². The van der Waals surface area contributed by atoms with Crippen molar-refractivity contribution in [1.82, 2.24) is 25.1 Å². The van der Waals surface area contributed by atoms with Crippen LogP contribution in [0.5, 0.6) is 0 Å². The minimum atomic E-state index is -0.362. The summed E-state index contributed by atoms with van der Waals surface area (Å²) in [4.78, 5) is 16.7. The Labute approximate surface area is 151 Å². The summed E-state index contributed by atoms with van der Waals surface area (Å²) >= 11 is 0. The molecule has 1 atom stereocenters. The molecule has 0 bridgehead atoms. The van der Waals surface area contributed by atoms with Gasteiger partial charge in [0.25, 0.3) is 0 Å². The van der Waals surface area contributed by atoms with Gasteiger partial charge in [0.15, 0.2) is 0 Å². The number of rotatable bonds is 7. The van der Waals surface area contributed by atoms with E-state index in [2.05, 4.69) is 20.5 Å². The van der Waals surface area contributed by atoms with Gasteiger partial charge in [0, 0.05) is 18.9 Å². The van der Waals surface area contributed by atoms with Gasteiger partial charge in [0.2, 0.25) is 17.7 Å². The van der Waals surface area contributed by atoms with Crippen LogP contribution in [-0.4, -0.2) is 30.8 Å². The van der Waals surface area contributed by atoms with Gasteiger partial charge in [-0.2, -0.15) is 0 Å². The summed E-state index contributed by atoms with van der Waals surface area (Å²) in [5.41, 5.74) is 1.70. The van der Waals surface area contributed by atoms with Crippen molar-refractivity contribution in [2.24, 2.45) is 0 Å². The predicted molar refractivity (Wildman–Crippen MR) is 95.2 cm³/mol. The lowest BCUT2D eigenvalue weighted by Gasteiger charge is -2.11. The molecule has 0 spiro atoms. The van der Waals surface area contributed by atoms with E-state index in [0.29, 0.717) is 24.2 Å². The third-order valence-corrected chi connectivity index (χ3v) is 4.14. The fraction of sp³-hybridized carbons (Fsp3) is 0.444. The number of aliphatic hydroxyl groups excluding tert-OH is 1. The molecule has 3 aromatic rings. The van der Waals surface area contributed by atoms with Crippen LogP contribution < -0.4 is 5.32 Å². The Balaban J connectivity index is 1.63. The number of imidazole rings is 1. The number of aryl methyl sites for hydroxylation is 1. The highest BCUT2D eigenvalue weighted by atomic mass is 16.4. The molecule has 0 aliphatic rings. The number of amides is 1. The van der Waals surface area contributed by atoms with Crippen LogP contribution in [-0.2, 0) is 17.9 Å². The molecular formula is C18H23N5O3. The zero-order valence-corrected chi connectivity index (χ0v) is 15.1. The van der Waals surface area contributed by atoms with E-state index in [1.54, 1.807) is 6.92 Å². The molecular weight excluding hydrogens is 334 g/mol. The second-order valence-corrected chi connectivity index (χ2v) is 6.50. The monoisotopic (exact) mass is 357 g/mol. The van der Waals surface area contributed by atoms with E-state index < -0.39 is 0 Å². The van der Waals surface area contributed by atoms with Crippen LogP contribution >= 0.6 is 0 Å². The van der Waals surface area contributed by atoms with Gasteiger partial charge < -0.3 is 19.4 Å². The van der Waals surface area contributed by atoms with E-state index in [9.17, 15) is 9.90 Å². The lowest BCUT2D eigenvalue weighted by molar-refractivity contribution is -0.122. The van der Waals surface area contributed by atoms with Crippen molar-refractivity contribution in [3.8, 4) is 0 Å². The number of nitrogens with zero attached hydrogens (tertiary/aromatic N) is 4. The molecule has 26 heavy (non-hydrogen) atoms. The summed E-state index contributed by atoms with van der Waals surface area (Å²) in [6, 6.07) is 7.25. The fourth-order valence-corrected chi connectivity index (χ4v) is 2.74. The number of fused-ring (bicyclic) bond motifs is 1. The van der Waals surface area contributed by atoms with Gasteiger partial charge in [-0.15, -0.1) is 10.2 Å². The highest BCUT2D eigenvalue weighted by Crippen LogP contribution is 2.18. The molecule has 0 radical (unpaired) electrons. The molecule has 0 fully saturated rings. The minimum Gasteiger partial charge on any atom is -0.423 e. The Morgan fingerprint density at radius 2 is 1.96 bits per heavy atom. The number of carbonyl (C=O) groups is 1. The molecule has 0 aliphatic carbocycles. The normalized spacial score (nSPS) is 12.7. The van der Waals surface area contributed by atoms with Crippen molar-refractivity contribution < 1.29 is 14.3 Å². The van der Waals surface area contributed by atoms with E-state index in [1.807, 2.05) is 42.7 Å². The maximum Gasteiger partial charge on any atom is 0.238 e. The van der Waals surface area contributed by atoms with Crippen molar-refractivity contribution in [1.29, 1.82) is 0 Å². The van der Waals surface area contributed by atoms with Gasteiger partial charge in [-0.05, 0) is 19.1 Å². The number of hydrogen-bond acceptors (Lipinski definition) is 6. The Bertz CT molecular complexity index is 899. The lowest BCUT2D eigenvalue weighted by Crippen LogP contribution is -2.27. The molecule has 3 rings (SSSR count). The van der Waals surface area contributed by atoms with Gasteiger partial charge >= 0.3 is 0 Å². The molecule has 2 aromatic heterocycles. The molecule has 8 heteroatoms.